The van der Waals surface area contributed by atoms with Crippen molar-refractivity contribution in [2.45, 2.75) is 13.8 Å². The highest BCUT2D eigenvalue weighted by Gasteiger charge is 2.21. The Hall–Kier alpha value is -2.82. The molecule has 0 amide bonds. The van der Waals surface area contributed by atoms with Crippen molar-refractivity contribution in [2.24, 2.45) is 0 Å². The number of anilines is 1. The van der Waals surface area contributed by atoms with Crippen LogP contribution in [0.15, 0.2) is 54.1 Å². The number of nitrogen functional groups attached to an aromatic ring is 1. The van der Waals surface area contributed by atoms with Crippen LogP contribution in [0.5, 0.6) is 0 Å². The maximum Gasteiger partial charge on any atom is 0.345 e. The van der Waals surface area contributed by atoms with Crippen LogP contribution in [-0.2, 0) is 19.1 Å². The molecule has 0 fully saturated rings. The molecule has 0 atom stereocenters. The second-order valence-electron chi connectivity index (χ2n) is 5.29. The zero-order valence-corrected chi connectivity index (χ0v) is 13.4. The van der Waals surface area contributed by atoms with E-state index >= 15 is 0 Å². The normalized spacial score (nSPS) is 9.65. The van der Waals surface area contributed by atoms with Gasteiger partial charge in [-0.2, -0.15) is 0 Å². The zero-order valence-electron chi connectivity index (χ0n) is 13.4. The fourth-order valence-corrected chi connectivity index (χ4v) is 1.49. The molecule has 0 saturated heterocycles. The van der Waals surface area contributed by atoms with Crippen LogP contribution in [0.1, 0.15) is 19.4 Å². The lowest BCUT2D eigenvalue weighted by atomic mass is 10.1. The summed E-state index contributed by atoms with van der Waals surface area (Å²) >= 11 is 0. The number of carbonyl (C=O) groups is 2. The molecule has 1 aromatic rings. The summed E-state index contributed by atoms with van der Waals surface area (Å²) < 4.78 is 10.1. The van der Waals surface area contributed by atoms with Crippen molar-refractivity contribution in [3.63, 3.8) is 0 Å². The van der Waals surface area contributed by atoms with Crippen molar-refractivity contribution >= 4 is 23.7 Å². The van der Waals surface area contributed by atoms with Gasteiger partial charge in [0, 0.05) is 5.69 Å². The van der Waals surface area contributed by atoms with E-state index in [9.17, 15) is 9.59 Å². The minimum Gasteiger partial charge on any atom is -0.457 e. The van der Waals surface area contributed by atoms with Crippen LogP contribution in [0, 0.1) is 0 Å². The molecule has 0 spiro atoms. The standard InChI is InChI=1S/C18H21NO4/c1-12(2)10-22-17(20)16(18(21)23-11-13(3)4)9-14-5-7-15(19)8-6-14/h5-9H,1,3,10-11,19H2,2,4H3. The minimum absolute atomic E-state index is 0.0334. The lowest BCUT2D eigenvalue weighted by Crippen LogP contribution is -2.19. The third-order valence-corrected chi connectivity index (χ3v) is 2.59. The Labute approximate surface area is 136 Å². The second-order valence-corrected chi connectivity index (χ2v) is 5.29. The van der Waals surface area contributed by atoms with Gasteiger partial charge in [0.2, 0.25) is 0 Å². The van der Waals surface area contributed by atoms with Gasteiger partial charge in [-0.25, -0.2) is 9.59 Å². The Kier molecular flexibility index (Phi) is 6.80. The molecule has 0 unspecified atom stereocenters. The molecule has 0 aliphatic carbocycles. The van der Waals surface area contributed by atoms with Crippen molar-refractivity contribution in [1.82, 2.24) is 0 Å². The van der Waals surface area contributed by atoms with Crippen LogP contribution in [0.25, 0.3) is 6.08 Å². The summed E-state index contributed by atoms with van der Waals surface area (Å²) in [5.41, 5.74) is 7.97. The summed E-state index contributed by atoms with van der Waals surface area (Å²) in [6, 6.07) is 6.71. The molecule has 0 aliphatic heterocycles. The molecule has 0 saturated carbocycles. The van der Waals surface area contributed by atoms with Gasteiger partial charge in [0.15, 0.2) is 0 Å². The number of esters is 2. The maximum absolute atomic E-state index is 12.1. The van der Waals surface area contributed by atoms with Crippen LogP contribution in [0.3, 0.4) is 0 Å². The third-order valence-electron chi connectivity index (χ3n) is 2.59. The summed E-state index contributed by atoms with van der Waals surface area (Å²) in [6.07, 6.45) is 1.40. The van der Waals surface area contributed by atoms with Gasteiger partial charge in [0.1, 0.15) is 18.8 Å². The number of hydrogen-bond acceptors (Lipinski definition) is 5. The lowest BCUT2D eigenvalue weighted by Gasteiger charge is -2.09. The minimum atomic E-state index is -0.767. The molecule has 0 aliphatic rings. The molecule has 1 rings (SSSR count). The molecular formula is C18H21NO4. The summed E-state index contributed by atoms with van der Waals surface area (Å²) in [6.45, 7) is 10.8. The fourth-order valence-electron chi connectivity index (χ4n) is 1.49. The first-order chi connectivity index (χ1) is 10.8. The van der Waals surface area contributed by atoms with Crippen LogP contribution in [0.2, 0.25) is 0 Å². The molecule has 2 N–H and O–H groups in total. The smallest absolute Gasteiger partial charge is 0.345 e. The van der Waals surface area contributed by atoms with Gasteiger partial charge >= 0.3 is 11.9 Å². The second kappa shape index (κ2) is 8.58. The highest BCUT2D eigenvalue weighted by molar-refractivity contribution is 6.17. The third kappa shape index (κ3) is 6.65. The summed E-state index contributed by atoms with van der Waals surface area (Å²) in [5.74, 6) is -1.53. The topological polar surface area (TPSA) is 78.6 Å². The molecular weight excluding hydrogens is 294 g/mol. The monoisotopic (exact) mass is 315 g/mol. The largest absolute Gasteiger partial charge is 0.457 e. The molecule has 0 radical (unpaired) electrons. The average molecular weight is 315 g/mol. The predicted molar refractivity (Wildman–Crippen MR) is 90.4 cm³/mol. The van der Waals surface area contributed by atoms with Crippen molar-refractivity contribution < 1.29 is 19.1 Å². The van der Waals surface area contributed by atoms with Crippen LogP contribution < -0.4 is 5.73 Å². The Morgan fingerprint density at radius 1 is 1.00 bits per heavy atom. The quantitative estimate of drug-likeness (QED) is 0.209. The molecule has 0 heterocycles. The Morgan fingerprint density at radius 3 is 1.83 bits per heavy atom. The van der Waals surface area contributed by atoms with E-state index in [0.29, 0.717) is 22.4 Å². The molecule has 0 bridgehead atoms. The maximum atomic E-state index is 12.1. The molecule has 122 valence electrons. The Morgan fingerprint density at radius 2 is 1.43 bits per heavy atom. The lowest BCUT2D eigenvalue weighted by molar-refractivity contribution is -0.146. The first kappa shape index (κ1) is 18.2. The van der Waals surface area contributed by atoms with E-state index in [4.69, 9.17) is 15.2 Å². The number of benzene rings is 1. The summed E-state index contributed by atoms with van der Waals surface area (Å²) in [7, 11) is 0. The van der Waals surface area contributed by atoms with Crippen molar-refractivity contribution in [1.29, 1.82) is 0 Å². The van der Waals surface area contributed by atoms with E-state index < -0.39 is 11.9 Å². The number of nitrogens with two attached hydrogens (primary N) is 1. The molecule has 5 heteroatoms. The molecule has 5 nitrogen and oxygen atoms in total. The van der Waals surface area contributed by atoms with Gasteiger partial charge in [0.25, 0.3) is 0 Å². The highest BCUT2D eigenvalue weighted by Crippen LogP contribution is 2.13. The van der Waals surface area contributed by atoms with E-state index in [1.54, 1.807) is 38.1 Å². The fraction of sp³-hybridized carbons (Fsp3) is 0.222. The highest BCUT2D eigenvalue weighted by atomic mass is 16.6. The SMILES string of the molecule is C=C(C)COC(=O)C(=Cc1ccc(N)cc1)C(=O)OCC(=C)C. The average Bonchev–Trinajstić information content (AvgIpc) is 2.49. The van der Waals surface area contributed by atoms with E-state index in [0.717, 1.165) is 0 Å². The van der Waals surface area contributed by atoms with Gasteiger partial charge in [-0.1, -0.05) is 25.3 Å². The Bertz CT molecular complexity index is 609. The van der Waals surface area contributed by atoms with Gasteiger partial charge < -0.3 is 15.2 Å². The van der Waals surface area contributed by atoms with Crippen molar-refractivity contribution in [3.05, 3.63) is 59.7 Å². The van der Waals surface area contributed by atoms with E-state index in [1.165, 1.54) is 6.08 Å². The number of rotatable bonds is 7. The van der Waals surface area contributed by atoms with Crippen LogP contribution in [-0.4, -0.2) is 25.2 Å². The number of ether oxygens (including phenoxy) is 2. The predicted octanol–water partition coefficient (Wildman–Crippen LogP) is 2.89. The molecule has 23 heavy (non-hydrogen) atoms. The van der Waals surface area contributed by atoms with Gasteiger partial charge in [-0.05, 0) is 48.8 Å². The first-order valence-corrected chi connectivity index (χ1v) is 7.00. The number of hydrogen-bond donors (Lipinski definition) is 1. The summed E-state index contributed by atoms with van der Waals surface area (Å²) in [4.78, 5) is 24.3. The van der Waals surface area contributed by atoms with Gasteiger partial charge in [-0.3, -0.25) is 0 Å². The van der Waals surface area contributed by atoms with Crippen molar-refractivity contribution in [2.75, 3.05) is 18.9 Å². The number of carbonyl (C=O) groups excluding carboxylic acids is 2. The van der Waals surface area contributed by atoms with Crippen molar-refractivity contribution in [3.8, 4) is 0 Å². The van der Waals surface area contributed by atoms with Crippen LogP contribution in [0.4, 0.5) is 5.69 Å². The van der Waals surface area contributed by atoms with E-state index in [2.05, 4.69) is 13.2 Å². The van der Waals surface area contributed by atoms with Gasteiger partial charge in [-0.15, -0.1) is 0 Å². The van der Waals surface area contributed by atoms with Crippen LogP contribution >= 0.6 is 0 Å². The molecule has 0 aromatic heterocycles. The first-order valence-electron chi connectivity index (χ1n) is 7.00. The zero-order chi connectivity index (χ0) is 17.4. The Balaban J connectivity index is 3.01. The summed E-state index contributed by atoms with van der Waals surface area (Å²) in [5, 5.41) is 0. The van der Waals surface area contributed by atoms with E-state index in [1.807, 2.05) is 0 Å². The molecule has 1 aromatic carbocycles. The van der Waals surface area contributed by atoms with Gasteiger partial charge in [0.05, 0.1) is 0 Å². The van der Waals surface area contributed by atoms with E-state index in [-0.39, 0.29) is 18.8 Å².